The van der Waals surface area contributed by atoms with E-state index in [1.165, 1.54) is 13.0 Å². The summed E-state index contributed by atoms with van der Waals surface area (Å²) in [6.45, 7) is 5.51. The van der Waals surface area contributed by atoms with Gasteiger partial charge in [-0.15, -0.1) is 0 Å². The number of rotatable bonds is 3. The highest BCUT2D eigenvalue weighted by atomic mass is 19.3. The summed E-state index contributed by atoms with van der Waals surface area (Å²) in [5.74, 6) is -3.36. The van der Waals surface area contributed by atoms with Crippen LogP contribution >= 0.6 is 0 Å². The van der Waals surface area contributed by atoms with E-state index >= 15 is 0 Å². The first kappa shape index (κ1) is 12.1. The number of hydrogen-bond acceptors (Lipinski definition) is 1. The molecule has 0 rings (SSSR count). The zero-order valence-electron chi connectivity index (χ0n) is 8.32. The highest BCUT2D eigenvalue weighted by Crippen LogP contribution is 2.16. The molecule has 0 aliphatic carbocycles. The molecule has 76 valence electrons. The molecule has 1 N–H and O–H groups in total. The van der Waals surface area contributed by atoms with E-state index in [1.807, 2.05) is 0 Å². The van der Waals surface area contributed by atoms with E-state index < -0.39 is 17.9 Å². The van der Waals surface area contributed by atoms with Gasteiger partial charge in [-0.25, -0.2) is 8.78 Å². The summed E-state index contributed by atoms with van der Waals surface area (Å²) in [6.07, 6.45) is 1.29. The van der Waals surface area contributed by atoms with Gasteiger partial charge >= 0.3 is 0 Å². The molecule has 0 radical (unpaired) electrons. The fraction of sp³-hybridized carbons (Fsp3) is 0.667. The van der Waals surface area contributed by atoms with Gasteiger partial charge in [-0.2, -0.15) is 0 Å². The monoisotopic (exact) mass is 191 g/mol. The summed E-state index contributed by atoms with van der Waals surface area (Å²) in [5, 5.41) is 2.19. The molecule has 1 atom stereocenters. The summed E-state index contributed by atoms with van der Waals surface area (Å²) in [5.41, 5.74) is 0.782. The fourth-order valence-corrected chi connectivity index (χ4v) is 0.644. The number of amides is 1. The van der Waals surface area contributed by atoms with Gasteiger partial charge in [0.05, 0.1) is 6.04 Å². The molecule has 0 aromatic rings. The van der Waals surface area contributed by atoms with Crippen molar-refractivity contribution in [2.45, 2.75) is 39.7 Å². The van der Waals surface area contributed by atoms with Crippen LogP contribution in [-0.2, 0) is 4.79 Å². The van der Waals surface area contributed by atoms with Crippen molar-refractivity contribution in [3.05, 3.63) is 11.6 Å². The Morgan fingerprint density at radius 2 is 1.92 bits per heavy atom. The first-order valence-corrected chi connectivity index (χ1v) is 4.06. The zero-order valence-corrected chi connectivity index (χ0v) is 8.32. The van der Waals surface area contributed by atoms with Crippen LogP contribution < -0.4 is 5.32 Å². The molecule has 0 bridgehead atoms. The van der Waals surface area contributed by atoms with Crippen LogP contribution in [0.3, 0.4) is 0 Å². The Labute approximate surface area is 77.0 Å². The summed E-state index contributed by atoms with van der Waals surface area (Å²) in [6, 6.07) is -1.14. The first-order valence-electron chi connectivity index (χ1n) is 4.06. The molecule has 0 aromatic carbocycles. The maximum atomic E-state index is 12.6. The molecule has 1 amide bonds. The Bertz CT molecular complexity index is 214. The average molecular weight is 191 g/mol. The van der Waals surface area contributed by atoms with E-state index in [9.17, 15) is 13.6 Å². The van der Waals surface area contributed by atoms with Crippen LogP contribution in [0, 0.1) is 0 Å². The molecule has 0 heterocycles. The van der Waals surface area contributed by atoms with Crippen LogP contribution in [0.15, 0.2) is 11.6 Å². The molecule has 0 aliphatic rings. The van der Waals surface area contributed by atoms with E-state index in [1.54, 1.807) is 13.8 Å². The number of carbonyl (C=O) groups is 1. The third-order valence-electron chi connectivity index (χ3n) is 1.54. The Kier molecular flexibility index (Phi) is 4.04. The van der Waals surface area contributed by atoms with E-state index in [4.69, 9.17) is 0 Å². The number of alkyl halides is 2. The molecular weight excluding hydrogens is 176 g/mol. The summed E-state index contributed by atoms with van der Waals surface area (Å²) in [4.78, 5) is 11.0. The Morgan fingerprint density at radius 1 is 1.46 bits per heavy atom. The lowest BCUT2D eigenvalue weighted by Gasteiger charge is -2.19. The fourth-order valence-electron chi connectivity index (χ4n) is 0.644. The number of allylic oxidation sites excluding steroid dienone is 1. The molecule has 0 aliphatic heterocycles. The minimum absolute atomic E-state index is 0.478. The smallest absolute Gasteiger partial charge is 0.264 e. The van der Waals surface area contributed by atoms with Gasteiger partial charge < -0.3 is 5.32 Å². The van der Waals surface area contributed by atoms with Crippen molar-refractivity contribution in [2.24, 2.45) is 0 Å². The summed E-state index contributed by atoms with van der Waals surface area (Å²) < 4.78 is 25.2. The standard InChI is InChI=1S/C9H15F2NO/c1-6(2)5-8(13)12-7(3)9(4,10)11/h5,7H,1-4H3,(H,12,13). The SMILES string of the molecule is CC(C)=CC(=O)NC(C)C(C)(F)F. The van der Waals surface area contributed by atoms with Crippen molar-refractivity contribution < 1.29 is 13.6 Å². The van der Waals surface area contributed by atoms with E-state index in [0.29, 0.717) is 0 Å². The molecular formula is C9H15F2NO. The van der Waals surface area contributed by atoms with Crippen molar-refractivity contribution >= 4 is 5.91 Å². The molecule has 0 aromatic heterocycles. The van der Waals surface area contributed by atoms with E-state index in [2.05, 4.69) is 5.32 Å². The molecule has 2 nitrogen and oxygen atoms in total. The van der Waals surface area contributed by atoms with Crippen LogP contribution in [0.25, 0.3) is 0 Å². The molecule has 0 saturated heterocycles. The van der Waals surface area contributed by atoms with Crippen LogP contribution in [0.2, 0.25) is 0 Å². The second-order valence-corrected chi connectivity index (χ2v) is 3.41. The van der Waals surface area contributed by atoms with Crippen molar-refractivity contribution in [1.29, 1.82) is 0 Å². The molecule has 0 saturated carbocycles. The largest absolute Gasteiger partial charge is 0.344 e. The normalized spacial score (nSPS) is 13.4. The van der Waals surface area contributed by atoms with E-state index in [0.717, 1.165) is 12.5 Å². The lowest BCUT2D eigenvalue weighted by Crippen LogP contribution is -2.43. The predicted octanol–water partition coefficient (Wildman–Crippen LogP) is 2.11. The van der Waals surface area contributed by atoms with Gasteiger partial charge in [0.15, 0.2) is 0 Å². The lowest BCUT2D eigenvalue weighted by atomic mass is 10.2. The number of nitrogens with one attached hydrogen (secondary N) is 1. The molecule has 13 heavy (non-hydrogen) atoms. The van der Waals surface area contributed by atoms with Gasteiger partial charge in [0.25, 0.3) is 5.92 Å². The van der Waals surface area contributed by atoms with Gasteiger partial charge in [0.1, 0.15) is 0 Å². The highest BCUT2D eigenvalue weighted by Gasteiger charge is 2.30. The Morgan fingerprint density at radius 3 is 2.23 bits per heavy atom. The number of carbonyl (C=O) groups excluding carboxylic acids is 1. The zero-order chi connectivity index (χ0) is 10.6. The van der Waals surface area contributed by atoms with Gasteiger partial charge in [-0.05, 0) is 20.8 Å². The second kappa shape index (κ2) is 4.35. The first-order chi connectivity index (χ1) is 5.73. The predicted molar refractivity (Wildman–Crippen MR) is 47.7 cm³/mol. The van der Waals surface area contributed by atoms with Gasteiger partial charge in [0.2, 0.25) is 5.91 Å². The lowest BCUT2D eigenvalue weighted by molar-refractivity contribution is -0.120. The van der Waals surface area contributed by atoms with Crippen LogP contribution in [0.5, 0.6) is 0 Å². The highest BCUT2D eigenvalue weighted by molar-refractivity contribution is 5.88. The molecule has 0 fully saturated rings. The Balaban J connectivity index is 4.16. The molecule has 1 unspecified atom stereocenters. The maximum Gasteiger partial charge on any atom is 0.264 e. The second-order valence-electron chi connectivity index (χ2n) is 3.41. The van der Waals surface area contributed by atoms with Crippen LogP contribution in [0.1, 0.15) is 27.7 Å². The third kappa shape index (κ3) is 5.33. The quantitative estimate of drug-likeness (QED) is 0.680. The van der Waals surface area contributed by atoms with Crippen LogP contribution in [-0.4, -0.2) is 17.9 Å². The van der Waals surface area contributed by atoms with Gasteiger partial charge in [-0.3, -0.25) is 4.79 Å². The van der Waals surface area contributed by atoms with Crippen molar-refractivity contribution in [1.82, 2.24) is 5.32 Å². The minimum Gasteiger partial charge on any atom is -0.344 e. The maximum absolute atomic E-state index is 12.6. The molecule has 0 spiro atoms. The molecule has 4 heteroatoms. The Hall–Kier alpha value is -0.930. The van der Waals surface area contributed by atoms with Crippen molar-refractivity contribution in [2.75, 3.05) is 0 Å². The number of hydrogen-bond donors (Lipinski definition) is 1. The van der Waals surface area contributed by atoms with Gasteiger partial charge in [-0.1, -0.05) is 5.57 Å². The minimum atomic E-state index is -2.88. The van der Waals surface area contributed by atoms with Crippen molar-refractivity contribution in [3.63, 3.8) is 0 Å². The van der Waals surface area contributed by atoms with Crippen molar-refractivity contribution in [3.8, 4) is 0 Å². The van der Waals surface area contributed by atoms with Crippen LogP contribution in [0.4, 0.5) is 8.78 Å². The van der Waals surface area contributed by atoms with E-state index in [-0.39, 0.29) is 0 Å². The number of halogens is 2. The van der Waals surface area contributed by atoms with Gasteiger partial charge in [0, 0.05) is 13.0 Å². The average Bonchev–Trinajstić information content (AvgIpc) is 1.82. The summed E-state index contributed by atoms with van der Waals surface area (Å²) >= 11 is 0. The topological polar surface area (TPSA) is 29.1 Å². The summed E-state index contributed by atoms with van der Waals surface area (Å²) in [7, 11) is 0. The third-order valence-corrected chi connectivity index (χ3v) is 1.54.